The summed E-state index contributed by atoms with van der Waals surface area (Å²) in [6.07, 6.45) is 1.76. The Labute approximate surface area is 182 Å². The summed E-state index contributed by atoms with van der Waals surface area (Å²) in [7, 11) is 3.29. The van der Waals surface area contributed by atoms with Crippen LogP contribution < -0.4 is 19.7 Å². The van der Waals surface area contributed by atoms with Gasteiger partial charge in [-0.3, -0.25) is 9.89 Å². The number of hydrogen-bond acceptors (Lipinski definition) is 5. The Morgan fingerprint density at radius 3 is 2.35 bits per heavy atom. The number of methoxy groups -OCH3 is 2. The first-order valence-electron chi connectivity index (χ1n) is 10.5. The van der Waals surface area contributed by atoms with Crippen LogP contribution in [0.2, 0.25) is 0 Å². The van der Waals surface area contributed by atoms with E-state index in [1.165, 1.54) is 0 Å². The minimum absolute atomic E-state index is 0.0276. The lowest BCUT2D eigenvalue weighted by Crippen LogP contribution is -2.45. The molecule has 0 unspecified atom stereocenters. The average Bonchev–Trinajstić information content (AvgIpc) is 3.29. The Hall–Kier alpha value is -3.48. The van der Waals surface area contributed by atoms with Gasteiger partial charge in [0.05, 0.1) is 19.9 Å². The number of H-pyrrole nitrogens is 1. The molecule has 31 heavy (non-hydrogen) atoms. The molecule has 0 aliphatic carbocycles. The zero-order valence-electron chi connectivity index (χ0n) is 18.1. The number of aromatic nitrogens is 2. The highest BCUT2D eigenvalue weighted by Crippen LogP contribution is 2.26. The van der Waals surface area contributed by atoms with E-state index < -0.39 is 0 Å². The Kier molecular flexibility index (Phi) is 6.11. The number of hydrogen-bond donors (Lipinski definition) is 2. The van der Waals surface area contributed by atoms with Crippen molar-refractivity contribution in [3.05, 3.63) is 59.7 Å². The fourth-order valence-corrected chi connectivity index (χ4v) is 3.93. The van der Waals surface area contributed by atoms with E-state index in [1.54, 1.807) is 14.2 Å². The van der Waals surface area contributed by atoms with Gasteiger partial charge in [-0.15, -0.1) is 0 Å². The summed E-state index contributed by atoms with van der Waals surface area (Å²) in [5.74, 6) is 2.49. The number of rotatable bonds is 6. The van der Waals surface area contributed by atoms with Crippen LogP contribution in [0.15, 0.2) is 48.5 Å². The van der Waals surface area contributed by atoms with E-state index in [1.807, 2.05) is 49.4 Å². The number of ether oxygens (including phenoxy) is 2. The third-order valence-corrected chi connectivity index (χ3v) is 5.80. The number of piperidine rings is 1. The molecule has 1 aliphatic rings. The predicted molar refractivity (Wildman–Crippen MR) is 121 cm³/mol. The van der Waals surface area contributed by atoms with Gasteiger partial charge in [0.2, 0.25) is 0 Å². The predicted octanol–water partition coefficient (Wildman–Crippen LogP) is 3.80. The molecule has 3 aromatic rings. The van der Waals surface area contributed by atoms with E-state index in [0.29, 0.717) is 5.56 Å². The molecule has 0 radical (unpaired) electrons. The topological polar surface area (TPSA) is 79.5 Å². The number of nitrogens with one attached hydrogen (secondary N) is 2. The maximum absolute atomic E-state index is 12.7. The van der Waals surface area contributed by atoms with Crippen LogP contribution in [-0.4, -0.2) is 49.5 Å². The summed E-state index contributed by atoms with van der Waals surface area (Å²) < 4.78 is 10.4. The molecule has 162 valence electrons. The van der Waals surface area contributed by atoms with Crippen LogP contribution in [0.1, 0.15) is 28.8 Å². The highest BCUT2D eigenvalue weighted by molar-refractivity contribution is 5.96. The van der Waals surface area contributed by atoms with Gasteiger partial charge in [0, 0.05) is 30.8 Å². The van der Waals surface area contributed by atoms with E-state index in [9.17, 15) is 4.79 Å². The van der Waals surface area contributed by atoms with Crippen molar-refractivity contribution in [2.24, 2.45) is 0 Å². The van der Waals surface area contributed by atoms with Gasteiger partial charge < -0.3 is 19.7 Å². The van der Waals surface area contributed by atoms with Gasteiger partial charge in [-0.2, -0.15) is 5.10 Å². The number of benzene rings is 2. The van der Waals surface area contributed by atoms with Crippen molar-refractivity contribution in [1.29, 1.82) is 0 Å². The van der Waals surface area contributed by atoms with Crippen LogP contribution in [0.25, 0.3) is 11.3 Å². The monoisotopic (exact) mass is 420 g/mol. The second-order valence-electron chi connectivity index (χ2n) is 7.78. The quantitative estimate of drug-likeness (QED) is 0.634. The van der Waals surface area contributed by atoms with E-state index in [2.05, 4.69) is 26.5 Å². The summed E-state index contributed by atoms with van der Waals surface area (Å²) in [4.78, 5) is 15.0. The molecule has 1 aliphatic heterocycles. The molecule has 2 heterocycles. The third kappa shape index (κ3) is 4.66. The fourth-order valence-electron chi connectivity index (χ4n) is 3.93. The molecule has 0 saturated carbocycles. The van der Waals surface area contributed by atoms with E-state index in [-0.39, 0.29) is 11.9 Å². The number of carbonyl (C=O) groups is 1. The van der Waals surface area contributed by atoms with Gasteiger partial charge in [0.1, 0.15) is 11.5 Å². The van der Waals surface area contributed by atoms with Crippen LogP contribution in [-0.2, 0) is 0 Å². The van der Waals surface area contributed by atoms with E-state index >= 15 is 0 Å². The zero-order valence-corrected chi connectivity index (χ0v) is 18.1. The Morgan fingerprint density at radius 2 is 1.71 bits per heavy atom. The van der Waals surface area contributed by atoms with Crippen molar-refractivity contribution in [2.45, 2.75) is 25.8 Å². The lowest BCUT2D eigenvalue weighted by Gasteiger charge is -2.32. The highest BCUT2D eigenvalue weighted by atomic mass is 16.5. The maximum Gasteiger partial charge on any atom is 0.251 e. The van der Waals surface area contributed by atoms with Crippen molar-refractivity contribution >= 4 is 11.7 Å². The number of aryl methyl sites for hydroxylation is 1. The standard InChI is InChI=1S/C24H28N4O3/c1-16-14-20(31-3)8-9-21(16)24(29)25-18-10-12-28(13-11-18)23-15-22(26-27-23)17-4-6-19(30-2)7-5-17/h4-9,14-15,18H,10-13H2,1-3H3,(H,25,29)(H,26,27). The van der Waals surface area contributed by atoms with Crippen LogP contribution in [0.3, 0.4) is 0 Å². The van der Waals surface area contributed by atoms with Gasteiger partial charge >= 0.3 is 0 Å². The average molecular weight is 421 g/mol. The lowest BCUT2D eigenvalue weighted by atomic mass is 10.0. The number of carbonyl (C=O) groups excluding carboxylic acids is 1. The molecule has 4 rings (SSSR count). The van der Waals surface area contributed by atoms with E-state index in [4.69, 9.17) is 9.47 Å². The number of amides is 1. The Morgan fingerprint density at radius 1 is 1.03 bits per heavy atom. The molecular formula is C24H28N4O3. The molecule has 1 aromatic heterocycles. The van der Waals surface area contributed by atoms with Gasteiger partial charge in [0.25, 0.3) is 5.91 Å². The molecule has 2 N–H and O–H groups in total. The minimum Gasteiger partial charge on any atom is -0.497 e. The minimum atomic E-state index is -0.0276. The summed E-state index contributed by atoms with van der Waals surface area (Å²) in [6, 6.07) is 15.7. The van der Waals surface area contributed by atoms with Gasteiger partial charge in [-0.05, 0) is 73.4 Å². The van der Waals surface area contributed by atoms with Crippen molar-refractivity contribution < 1.29 is 14.3 Å². The zero-order chi connectivity index (χ0) is 21.8. The number of anilines is 1. The van der Waals surface area contributed by atoms with Gasteiger partial charge in [0.15, 0.2) is 5.82 Å². The molecule has 1 saturated heterocycles. The first-order valence-corrected chi connectivity index (χ1v) is 10.5. The van der Waals surface area contributed by atoms with Gasteiger partial charge in [-0.25, -0.2) is 0 Å². The third-order valence-electron chi connectivity index (χ3n) is 5.80. The highest BCUT2D eigenvalue weighted by Gasteiger charge is 2.23. The Balaban J connectivity index is 1.33. The summed E-state index contributed by atoms with van der Waals surface area (Å²) in [6.45, 7) is 3.62. The molecule has 1 fully saturated rings. The van der Waals surface area contributed by atoms with Crippen molar-refractivity contribution in [2.75, 3.05) is 32.2 Å². The first kappa shape index (κ1) is 20.8. The SMILES string of the molecule is COc1ccc(-c2cc(N3CCC(NC(=O)c4ccc(OC)cc4C)CC3)n[nH]2)cc1. The van der Waals surface area contributed by atoms with Crippen molar-refractivity contribution in [3.63, 3.8) is 0 Å². The smallest absolute Gasteiger partial charge is 0.251 e. The second kappa shape index (κ2) is 9.12. The fraction of sp³-hybridized carbons (Fsp3) is 0.333. The molecular weight excluding hydrogens is 392 g/mol. The van der Waals surface area contributed by atoms with Crippen LogP contribution in [0.4, 0.5) is 5.82 Å². The molecule has 7 nitrogen and oxygen atoms in total. The van der Waals surface area contributed by atoms with Gasteiger partial charge in [-0.1, -0.05) is 0 Å². The van der Waals surface area contributed by atoms with Crippen LogP contribution >= 0.6 is 0 Å². The molecule has 0 bridgehead atoms. The van der Waals surface area contributed by atoms with Crippen molar-refractivity contribution in [1.82, 2.24) is 15.5 Å². The van der Waals surface area contributed by atoms with Crippen LogP contribution in [0, 0.1) is 6.92 Å². The maximum atomic E-state index is 12.7. The van der Waals surface area contributed by atoms with Crippen molar-refractivity contribution in [3.8, 4) is 22.8 Å². The normalized spacial score (nSPS) is 14.4. The molecule has 2 aromatic carbocycles. The summed E-state index contributed by atoms with van der Waals surface area (Å²) >= 11 is 0. The van der Waals surface area contributed by atoms with Crippen LogP contribution in [0.5, 0.6) is 11.5 Å². The molecule has 1 amide bonds. The Bertz CT molecular complexity index is 1040. The largest absolute Gasteiger partial charge is 0.497 e. The molecule has 0 atom stereocenters. The number of aromatic amines is 1. The van der Waals surface area contributed by atoms with E-state index in [0.717, 1.165) is 60.1 Å². The summed E-state index contributed by atoms with van der Waals surface area (Å²) in [5, 5.41) is 10.8. The second-order valence-corrected chi connectivity index (χ2v) is 7.78. The number of nitrogens with zero attached hydrogens (tertiary/aromatic N) is 2. The molecule has 7 heteroatoms. The lowest BCUT2D eigenvalue weighted by molar-refractivity contribution is 0.0930. The summed E-state index contributed by atoms with van der Waals surface area (Å²) in [5.41, 5.74) is 3.65. The molecule has 0 spiro atoms. The first-order chi connectivity index (χ1) is 15.1.